The van der Waals surface area contributed by atoms with E-state index in [1.807, 2.05) is 0 Å². The monoisotopic (exact) mass is 170 g/mol. The molecule has 2 radical (unpaired) electrons. The van der Waals surface area contributed by atoms with Crippen molar-refractivity contribution in [3.05, 3.63) is 0 Å². The van der Waals surface area contributed by atoms with Gasteiger partial charge in [-0.3, -0.25) is 0 Å². The average Bonchev–Trinajstić information content (AvgIpc) is 0. The molecule has 0 amide bonds. The second-order valence-electron chi connectivity index (χ2n) is 0. The minimum atomic E-state index is 0. The Kier molecular flexibility index (Phi) is 8500. The van der Waals surface area contributed by atoms with Gasteiger partial charge >= 0.3 is 34.7 Å². The van der Waals surface area contributed by atoms with E-state index in [0.29, 0.717) is 0 Å². The summed E-state index contributed by atoms with van der Waals surface area (Å²) in [5.41, 5.74) is 0. The summed E-state index contributed by atoms with van der Waals surface area (Å²) in [5.74, 6) is 0. The van der Waals surface area contributed by atoms with Crippen molar-refractivity contribution >= 4 is 0 Å². The van der Waals surface area contributed by atoms with Gasteiger partial charge in [0.05, 0.1) is 0 Å². The molecular formula is H2Cr2O4. The average molecular weight is 170 g/mol. The van der Waals surface area contributed by atoms with Gasteiger partial charge in [0.25, 0.3) is 0 Å². The molecule has 0 fully saturated rings. The maximum atomic E-state index is 0. The molecule has 0 aromatic rings. The summed E-state index contributed by atoms with van der Waals surface area (Å²) in [5, 5.41) is 0. The Morgan fingerprint density at radius 1 is 0.500 bits per heavy atom. The number of rotatable bonds is 0. The van der Waals surface area contributed by atoms with Crippen molar-refractivity contribution in [2.75, 3.05) is 0 Å². The minimum Gasteiger partial charge on any atom is -2.00 e. The molecule has 0 aliphatic rings. The van der Waals surface area contributed by atoms with Gasteiger partial charge in [-0.2, -0.15) is 0 Å². The Labute approximate surface area is 57.0 Å². The fraction of sp³-hybridized carbons (Fsp3) is 0. The second-order valence-corrected chi connectivity index (χ2v) is 0. The van der Waals surface area contributed by atoms with Crippen molar-refractivity contribution in [1.29, 1.82) is 0 Å². The molecule has 0 aliphatic heterocycles. The van der Waals surface area contributed by atoms with E-state index in [0.717, 1.165) is 0 Å². The third-order valence-electron chi connectivity index (χ3n) is 0. The molecule has 38 valence electrons. The topological polar surface area (TPSA) is 117 Å². The van der Waals surface area contributed by atoms with E-state index < -0.39 is 0 Å². The van der Waals surface area contributed by atoms with Gasteiger partial charge in [0, 0.05) is 0 Å². The summed E-state index contributed by atoms with van der Waals surface area (Å²) in [7, 11) is 0. The van der Waals surface area contributed by atoms with E-state index in [-0.39, 0.29) is 56.6 Å². The van der Waals surface area contributed by atoms with Gasteiger partial charge in [0.1, 0.15) is 0 Å². The van der Waals surface area contributed by atoms with Gasteiger partial charge < -0.3 is 21.9 Å². The van der Waals surface area contributed by atoms with E-state index in [1.54, 1.807) is 0 Å². The fourth-order valence-corrected chi connectivity index (χ4v) is 0. The molecule has 0 unspecified atom stereocenters. The van der Waals surface area contributed by atoms with Crippen LogP contribution in [0.5, 0.6) is 0 Å². The molecule has 0 rings (SSSR count). The molecule has 6 heavy (non-hydrogen) atoms. The Bertz CT molecular complexity index is 5.51. The largest absolute Gasteiger partial charge is 3.00 e. The molecule has 6 heteroatoms. The zero-order chi connectivity index (χ0) is 0. The maximum absolute atomic E-state index is 0. The molecule has 0 heterocycles. The Morgan fingerprint density at radius 3 is 0.500 bits per heavy atom. The van der Waals surface area contributed by atoms with Gasteiger partial charge in [-0.25, -0.2) is 0 Å². The molecule has 0 bridgehead atoms. The van der Waals surface area contributed by atoms with Gasteiger partial charge in [0.2, 0.25) is 0 Å². The Hall–Kier alpha value is 0.905. The van der Waals surface area contributed by atoms with E-state index in [2.05, 4.69) is 0 Å². The summed E-state index contributed by atoms with van der Waals surface area (Å²) in [4.78, 5) is 0. The van der Waals surface area contributed by atoms with Crippen LogP contribution in [0.25, 0.3) is 0 Å². The molecule has 0 saturated carbocycles. The van der Waals surface area contributed by atoms with E-state index in [1.165, 1.54) is 0 Å². The molecule has 0 spiro atoms. The summed E-state index contributed by atoms with van der Waals surface area (Å²) in [6.45, 7) is 0. The minimum absolute atomic E-state index is 0. The summed E-state index contributed by atoms with van der Waals surface area (Å²) in [6, 6.07) is 0. The standard InChI is InChI=1S/2Cr.H2O.3O/h;;1H2;;;/q2*+3;;3*-2. The third kappa shape index (κ3) is 91.3. The van der Waals surface area contributed by atoms with E-state index >= 15 is 0 Å². The normalized spacial score (nSPS) is 0. The molecular weight excluding hydrogens is 168 g/mol. The SMILES string of the molecule is O.[Cr+3].[Cr+3].[O-2].[O-2].[O-2]. The first-order valence-corrected chi connectivity index (χ1v) is 0. The van der Waals surface area contributed by atoms with Crippen LogP contribution in [0.1, 0.15) is 0 Å². The zero-order valence-electron chi connectivity index (χ0n) is 2.54. The van der Waals surface area contributed by atoms with Gasteiger partial charge in [-0.15, -0.1) is 0 Å². The molecule has 4 nitrogen and oxygen atoms in total. The van der Waals surface area contributed by atoms with E-state index in [4.69, 9.17) is 0 Å². The van der Waals surface area contributed by atoms with Crippen LogP contribution in [-0.2, 0) is 51.2 Å². The first kappa shape index (κ1) is 294. The van der Waals surface area contributed by atoms with Crippen molar-refractivity contribution in [2.24, 2.45) is 0 Å². The molecule has 2 N–H and O–H groups in total. The summed E-state index contributed by atoms with van der Waals surface area (Å²) < 4.78 is 0. The Morgan fingerprint density at radius 2 is 0.500 bits per heavy atom. The molecule has 0 aromatic carbocycles. The van der Waals surface area contributed by atoms with Crippen LogP contribution in [0.2, 0.25) is 0 Å². The van der Waals surface area contributed by atoms with Crippen molar-refractivity contribution in [3.8, 4) is 0 Å². The van der Waals surface area contributed by atoms with Crippen molar-refractivity contribution in [1.82, 2.24) is 0 Å². The predicted molar refractivity (Wildman–Crippen MR) is 5.67 cm³/mol. The van der Waals surface area contributed by atoms with Crippen LogP contribution < -0.4 is 0 Å². The van der Waals surface area contributed by atoms with Crippen LogP contribution in [-0.4, -0.2) is 5.48 Å². The van der Waals surface area contributed by atoms with Crippen LogP contribution in [0, 0.1) is 0 Å². The Balaban J connectivity index is 0. The smallest absolute Gasteiger partial charge is 2.00 e. The van der Waals surface area contributed by atoms with Crippen molar-refractivity contribution in [3.63, 3.8) is 0 Å². The maximum Gasteiger partial charge on any atom is 3.00 e. The second kappa shape index (κ2) is 173. The summed E-state index contributed by atoms with van der Waals surface area (Å²) >= 11 is 0. The number of hydrogen-bond acceptors (Lipinski definition) is 0. The third-order valence-corrected chi connectivity index (χ3v) is 0. The van der Waals surface area contributed by atoms with Gasteiger partial charge in [0.15, 0.2) is 0 Å². The van der Waals surface area contributed by atoms with Crippen LogP contribution >= 0.6 is 0 Å². The first-order chi connectivity index (χ1) is 0. The molecule has 0 aliphatic carbocycles. The van der Waals surface area contributed by atoms with E-state index in [9.17, 15) is 0 Å². The fourth-order valence-electron chi connectivity index (χ4n) is 0. The van der Waals surface area contributed by atoms with Crippen molar-refractivity contribution < 1.29 is 56.6 Å². The first-order valence-electron chi connectivity index (χ1n) is 0. The molecule has 0 aromatic heterocycles. The molecule has 0 saturated heterocycles. The zero-order valence-corrected chi connectivity index (χ0v) is 5.09. The van der Waals surface area contributed by atoms with Crippen LogP contribution in [0.3, 0.4) is 0 Å². The quantitative estimate of drug-likeness (QED) is 0.434. The van der Waals surface area contributed by atoms with Crippen LogP contribution in [0.15, 0.2) is 0 Å². The van der Waals surface area contributed by atoms with Crippen LogP contribution in [0.4, 0.5) is 0 Å². The molecule has 0 atom stereocenters. The van der Waals surface area contributed by atoms with Gasteiger partial charge in [-0.05, 0) is 0 Å². The van der Waals surface area contributed by atoms with Crippen molar-refractivity contribution in [2.45, 2.75) is 0 Å². The van der Waals surface area contributed by atoms with Gasteiger partial charge in [-0.1, -0.05) is 0 Å². The predicted octanol–water partition coefficient (Wildman–Crippen LogP) is -1.19. The number of hydrogen-bond donors (Lipinski definition) is 0. The summed E-state index contributed by atoms with van der Waals surface area (Å²) in [6.07, 6.45) is 0.